The summed E-state index contributed by atoms with van der Waals surface area (Å²) in [6, 6.07) is -1.13. The summed E-state index contributed by atoms with van der Waals surface area (Å²) in [7, 11) is -2.08. The summed E-state index contributed by atoms with van der Waals surface area (Å²) in [5.74, 6) is -0.821. The highest BCUT2D eigenvalue weighted by Gasteiger charge is 2.47. The Hall–Kier alpha value is -0.543. The van der Waals surface area contributed by atoms with Gasteiger partial charge in [-0.15, -0.1) is 0 Å². The summed E-state index contributed by atoms with van der Waals surface area (Å²) in [5, 5.41) is 22.0. The predicted octanol–water partition coefficient (Wildman–Crippen LogP) is 3.73. The standard InChI is InChI=1S/C18H37NO6Si/c1-12(2)26(13(3)4,14(5)6)24-10-9-15(19(21)22)17(20)16-11-23-18(7,8)25-16/h12-17,20H,9-11H2,1-8H3/t15?,16-,17?/m1/s1. The van der Waals surface area contributed by atoms with Crippen LogP contribution in [-0.2, 0) is 13.9 Å². The van der Waals surface area contributed by atoms with Crippen molar-refractivity contribution in [3.8, 4) is 0 Å². The Morgan fingerprint density at radius 3 is 2.04 bits per heavy atom. The molecule has 1 heterocycles. The number of ether oxygens (including phenoxy) is 2. The highest BCUT2D eigenvalue weighted by Crippen LogP contribution is 2.42. The monoisotopic (exact) mass is 391 g/mol. The quantitative estimate of drug-likeness (QED) is 0.347. The van der Waals surface area contributed by atoms with Crippen molar-refractivity contribution in [2.24, 2.45) is 0 Å². The molecule has 2 unspecified atom stereocenters. The van der Waals surface area contributed by atoms with Crippen molar-refractivity contribution in [3.05, 3.63) is 10.1 Å². The van der Waals surface area contributed by atoms with Crippen molar-refractivity contribution in [2.75, 3.05) is 13.2 Å². The third-order valence-electron chi connectivity index (χ3n) is 5.55. The van der Waals surface area contributed by atoms with Gasteiger partial charge < -0.3 is 19.0 Å². The van der Waals surface area contributed by atoms with Gasteiger partial charge in [0.05, 0.1) is 6.61 Å². The first-order valence-electron chi connectivity index (χ1n) is 9.62. The fourth-order valence-electron chi connectivity index (χ4n) is 4.39. The zero-order valence-electron chi connectivity index (χ0n) is 17.5. The summed E-state index contributed by atoms with van der Waals surface area (Å²) in [5.41, 5.74) is 1.23. The Kier molecular flexibility index (Phi) is 8.22. The lowest BCUT2D eigenvalue weighted by Gasteiger charge is -2.42. The maximum atomic E-state index is 11.5. The Morgan fingerprint density at radius 2 is 1.69 bits per heavy atom. The lowest BCUT2D eigenvalue weighted by atomic mass is 10.0. The Labute approximate surface area is 158 Å². The van der Waals surface area contributed by atoms with Gasteiger partial charge >= 0.3 is 0 Å². The van der Waals surface area contributed by atoms with Crippen LogP contribution in [0.5, 0.6) is 0 Å². The molecule has 0 saturated carbocycles. The number of nitrogens with zero attached hydrogens (tertiary/aromatic N) is 1. The number of rotatable bonds is 10. The van der Waals surface area contributed by atoms with E-state index in [1.165, 1.54) is 0 Å². The Balaban J connectivity index is 2.78. The highest BCUT2D eigenvalue weighted by molar-refractivity contribution is 6.77. The summed E-state index contributed by atoms with van der Waals surface area (Å²) >= 11 is 0. The SMILES string of the molecule is CC(C)[Si](OCCC(C(O)[C@H]1COC(C)(C)O1)[N+](=O)[O-])(C(C)C)C(C)C. The largest absolute Gasteiger partial charge is 0.416 e. The molecule has 0 aromatic rings. The summed E-state index contributed by atoms with van der Waals surface area (Å²) in [6.07, 6.45) is -1.75. The summed E-state index contributed by atoms with van der Waals surface area (Å²) in [4.78, 5) is 11.1. The summed E-state index contributed by atoms with van der Waals surface area (Å²) in [6.45, 7) is 17.0. The molecular formula is C18H37NO6Si. The Morgan fingerprint density at radius 1 is 1.19 bits per heavy atom. The van der Waals surface area contributed by atoms with Crippen LogP contribution in [0.15, 0.2) is 0 Å². The van der Waals surface area contributed by atoms with Crippen LogP contribution >= 0.6 is 0 Å². The van der Waals surface area contributed by atoms with Gasteiger partial charge in [0, 0.05) is 18.0 Å². The zero-order valence-corrected chi connectivity index (χ0v) is 18.5. The molecular weight excluding hydrogens is 354 g/mol. The molecule has 0 radical (unpaired) electrons. The van der Waals surface area contributed by atoms with Gasteiger partial charge in [0.15, 0.2) is 14.1 Å². The number of hydrogen-bond donors (Lipinski definition) is 1. The average molecular weight is 392 g/mol. The third kappa shape index (κ3) is 5.25. The first kappa shape index (κ1) is 23.5. The van der Waals surface area contributed by atoms with Crippen molar-refractivity contribution in [2.45, 2.75) is 102 Å². The van der Waals surface area contributed by atoms with Crippen LogP contribution in [0.25, 0.3) is 0 Å². The van der Waals surface area contributed by atoms with Gasteiger partial charge in [-0.25, -0.2) is 0 Å². The first-order valence-corrected chi connectivity index (χ1v) is 11.8. The van der Waals surface area contributed by atoms with Crippen molar-refractivity contribution in [1.82, 2.24) is 0 Å². The topological polar surface area (TPSA) is 91.1 Å². The number of hydrogen-bond acceptors (Lipinski definition) is 6. The lowest BCUT2D eigenvalue weighted by molar-refractivity contribution is -0.538. The van der Waals surface area contributed by atoms with Crippen molar-refractivity contribution < 1.29 is 23.9 Å². The van der Waals surface area contributed by atoms with Crippen LogP contribution < -0.4 is 0 Å². The molecule has 0 spiro atoms. The van der Waals surface area contributed by atoms with E-state index < -0.39 is 37.3 Å². The van der Waals surface area contributed by atoms with Crippen LogP contribution in [-0.4, -0.2) is 55.6 Å². The maximum absolute atomic E-state index is 11.5. The van der Waals surface area contributed by atoms with Crippen LogP contribution in [0.1, 0.15) is 61.8 Å². The molecule has 0 bridgehead atoms. The second-order valence-corrected chi connectivity index (χ2v) is 14.1. The summed E-state index contributed by atoms with van der Waals surface area (Å²) < 4.78 is 17.4. The molecule has 0 amide bonds. The maximum Gasteiger partial charge on any atom is 0.243 e. The molecule has 1 saturated heterocycles. The molecule has 3 atom stereocenters. The molecule has 1 aliphatic rings. The lowest BCUT2D eigenvalue weighted by Crippen LogP contribution is -2.49. The van der Waals surface area contributed by atoms with E-state index in [0.717, 1.165) is 0 Å². The van der Waals surface area contributed by atoms with E-state index >= 15 is 0 Å². The highest BCUT2D eigenvalue weighted by atomic mass is 28.4. The van der Waals surface area contributed by atoms with E-state index in [0.29, 0.717) is 16.6 Å². The molecule has 1 aliphatic heterocycles. The van der Waals surface area contributed by atoms with Gasteiger partial charge in [-0.3, -0.25) is 10.1 Å². The number of aliphatic hydroxyl groups excluding tert-OH is 1. The fraction of sp³-hybridized carbons (Fsp3) is 1.00. The van der Waals surface area contributed by atoms with E-state index in [2.05, 4.69) is 41.5 Å². The minimum atomic E-state index is -2.08. The van der Waals surface area contributed by atoms with Crippen LogP contribution in [0.3, 0.4) is 0 Å². The zero-order chi connectivity index (χ0) is 20.3. The van der Waals surface area contributed by atoms with Crippen LogP contribution in [0.2, 0.25) is 16.6 Å². The first-order chi connectivity index (χ1) is 11.8. The van der Waals surface area contributed by atoms with E-state index in [1.807, 2.05) is 0 Å². The van der Waals surface area contributed by atoms with Crippen LogP contribution in [0, 0.1) is 10.1 Å². The Bertz CT molecular complexity index is 447. The van der Waals surface area contributed by atoms with Gasteiger partial charge in [0.1, 0.15) is 12.2 Å². The van der Waals surface area contributed by atoms with Crippen molar-refractivity contribution in [1.29, 1.82) is 0 Å². The third-order valence-corrected chi connectivity index (χ3v) is 11.7. The average Bonchev–Trinajstić information content (AvgIpc) is 2.85. The molecule has 0 aromatic carbocycles. The van der Waals surface area contributed by atoms with Gasteiger partial charge in [0.2, 0.25) is 6.04 Å². The second-order valence-electron chi connectivity index (χ2n) is 8.67. The molecule has 154 valence electrons. The van der Waals surface area contributed by atoms with E-state index in [9.17, 15) is 15.2 Å². The number of nitro groups is 1. The minimum absolute atomic E-state index is 0.155. The van der Waals surface area contributed by atoms with Crippen molar-refractivity contribution in [3.63, 3.8) is 0 Å². The van der Waals surface area contributed by atoms with Gasteiger partial charge in [-0.2, -0.15) is 0 Å². The van der Waals surface area contributed by atoms with Gasteiger partial charge in [0.25, 0.3) is 0 Å². The molecule has 7 nitrogen and oxygen atoms in total. The van der Waals surface area contributed by atoms with E-state index in [1.54, 1.807) is 13.8 Å². The molecule has 26 heavy (non-hydrogen) atoms. The second kappa shape index (κ2) is 9.10. The molecule has 1 fully saturated rings. The smallest absolute Gasteiger partial charge is 0.243 e. The molecule has 1 rings (SSSR count). The van der Waals surface area contributed by atoms with Crippen LogP contribution in [0.4, 0.5) is 0 Å². The molecule has 0 aromatic heterocycles. The van der Waals surface area contributed by atoms with Crippen molar-refractivity contribution >= 4 is 8.32 Å². The minimum Gasteiger partial charge on any atom is -0.416 e. The van der Waals surface area contributed by atoms with E-state index in [4.69, 9.17) is 13.9 Å². The fourth-order valence-corrected chi connectivity index (χ4v) is 9.86. The normalized spacial score (nSPS) is 23.0. The number of aliphatic hydroxyl groups is 1. The van der Waals surface area contributed by atoms with Gasteiger partial charge in [-0.05, 0) is 30.5 Å². The molecule has 8 heteroatoms. The van der Waals surface area contributed by atoms with Gasteiger partial charge in [-0.1, -0.05) is 41.5 Å². The molecule has 0 aliphatic carbocycles. The van der Waals surface area contributed by atoms with E-state index in [-0.39, 0.29) is 19.6 Å². The predicted molar refractivity (Wildman–Crippen MR) is 103 cm³/mol. The molecule has 1 N–H and O–H groups in total.